The molecule has 1 unspecified atom stereocenters. The predicted molar refractivity (Wildman–Crippen MR) is 44.7 cm³/mol. The van der Waals surface area contributed by atoms with E-state index in [1.165, 1.54) is 0 Å². The van der Waals surface area contributed by atoms with Gasteiger partial charge in [0.1, 0.15) is 0 Å². The van der Waals surface area contributed by atoms with Crippen LogP contribution in [0.25, 0.3) is 0 Å². The maximum Gasteiger partial charge on any atom is 0.0776 e. The lowest BCUT2D eigenvalue weighted by atomic mass is 9.99. The van der Waals surface area contributed by atoms with Gasteiger partial charge >= 0.3 is 0 Å². The highest BCUT2D eigenvalue weighted by Crippen LogP contribution is 2.16. The first-order chi connectivity index (χ1) is 4.13. The molecule has 1 N–H and O–H groups in total. The van der Waals surface area contributed by atoms with Crippen LogP contribution in [-0.4, -0.2) is 24.8 Å². The Morgan fingerprint density at radius 3 is 2.40 bits per heavy atom. The highest BCUT2D eigenvalue weighted by Gasteiger charge is 2.28. The van der Waals surface area contributed by atoms with Crippen LogP contribution in [0.15, 0.2) is 0 Å². The van der Waals surface area contributed by atoms with Gasteiger partial charge in [-0.15, -0.1) is 12.4 Å². The summed E-state index contributed by atoms with van der Waals surface area (Å²) in [6, 6.07) is 0.478. The molecule has 1 aliphatic rings. The second-order valence-corrected chi connectivity index (χ2v) is 3.13. The second kappa shape index (κ2) is 3.56. The van der Waals surface area contributed by atoms with Crippen LogP contribution in [0.1, 0.15) is 20.8 Å². The maximum atomic E-state index is 5.52. The third-order valence-corrected chi connectivity index (χ3v) is 2.07. The molecule has 0 aromatic heterocycles. The average Bonchev–Trinajstić information content (AvgIpc) is 1.77. The Morgan fingerprint density at radius 2 is 2.10 bits per heavy atom. The van der Waals surface area contributed by atoms with E-state index in [0.717, 1.165) is 13.2 Å². The van der Waals surface area contributed by atoms with Gasteiger partial charge in [-0.2, -0.15) is 0 Å². The minimum absolute atomic E-state index is 0. The SMILES string of the molecule is CC1NCCOC1(C)C.Cl. The van der Waals surface area contributed by atoms with Crippen LogP contribution < -0.4 is 5.32 Å². The molecule has 10 heavy (non-hydrogen) atoms. The molecule has 1 fully saturated rings. The fraction of sp³-hybridized carbons (Fsp3) is 1.00. The van der Waals surface area contributed by atoms with Crippen LogP contribution >= 0.6 is 12.4 Å². The van der Waals surface area contributed by atoms with Gasteiger partial charge in [0.2, 0.25) is 0 Å². The van der Waals surface area contributed by atoms with Crippen LogP contribution in [0.3, 0.4) is 0 Å². The summed E-state index contributed by atoms with van der Waals surface area (Å²) >= 11 is 0. The Kier molecular flexibility index (Phi) is 3.63. The largest absolute Gasteiger partial charge is 0.373 e. The molecule has 1 saturated heterocycles. The van der Waals surface area contributed by atoms with Crippen molar-refractivity contribution in [2.75, 3.05) is 13.2 Å². The first-order valence-electron chi connectivity index (χ1n) is 3.50. The van der Waals surface area contributed by atoms with E-state index in [2.05, 4.69) is 26.1 Å². The molecule has 1 rings (SSSR count). The van der Waals surface area contributed by atoms with Crippen molar-refractivity contribution in [2.24, 2.45) is 0 Å². The molecule has 3 heteroatoms. The zero-order chi connectivity index (χ0) is 6.91. The van der Waals surface area contributed by atoms with Gasteiger partial charge in [-0.1, -0.05) is 0 Å². The van der Waals surface area contributed by atoms with Gasteiger partial charge in [0.25, 0.3) is 0 Å². The number of rotatable bonds is 0. The molecule has 0 aliphatic carbocycles. The van der Waals surface area contributed by atoms with Crippen molar-refractivity contribution >= 4 is 12.4 Å². The van der Waals surface area contributed by atoms with Gasteiger partial charge in [-0.3, -0.25) is 0 Å². The molecular formula is C7H16ClNO. The van der Waals surface area contributed by atoms with Gasteiger partial charge < -0.3 is 10.1 Å². The van der Waals surface area contributed by atoms with Crippen molar-refractivity contribution in [3.63, 3.8) is 0 Å². The lowest BCUT2D eigenvalue weighted by Crippen LogP contribution is -2.52. The minimum Gasteiger partial charge on any atom is -0.373 e. The summed E-state index contributed by atoms with van der Waals surface area (Å²) in [5.74, 6) is 0. The Morgan fingerprint density at radius 1 is 1.50 bits per heavy atom. The normalized spacial score (nSPS) is 30.9. The van der Waals surface area contributed by atoms with E-state index in [4.69, 9.17) is 4.74 Å². The molecule has 2 nitrogen and oxygen atoms in total. The molecule has 0 spiro atoms. The molecule has 0 saturated carbocycles. The highest BCUT2D eigenvalue weighted by molar-refractivity contribution is 5.85. The van der Waals surface area contributed by atoms with E-state index >= 15 is 0 Å². The lowest BCUT2D eigenvalue weighted by molar-refractivity contribution is -0.0660. The average molecular weight is 166 g/mol. The van der Waals surface area contributed by atoms with Gasteiger partial charge in [0.05, 0.1) is 12.2 Å². The van der Waals surface area contributed by atoms with Crippen LogP contribution in [0, 0.1) is 0 Å². The molecule has 0 aromatic rings. The van der Waals surface area contributed by atoms with E-state index in [9.17, 15) is 0 Å². The molecule has 1 heterocycles. The zero-order valence-electron chi connectivity index (χ0n) is 6.81. The fourth-order valence-electron chi connectivity index (χ4n) is 0.960. The summed E-state index contributed by atoms with van der Waals surface area (Å²) in [6.07, 6.45) is 0. The molecular weight excluding hydrogens is 150 g/mol. The number of halogens is 1. The maximum absolute atomic E-state index is 5.52. The Labute approximate surface area is 68.7 Å². The molecule has 62 valence electrons. The van der Waals surface area contributed by atoms with Crippen molar-refractivity contribution in [1.82, 2.24) is 5.32 Å². The summed E-state index contributed by atoms with van der Waals surface area (Å²) in [5, 5.41) is 3.35. The van der Waals surface area contributed by atoms with Crippen molar-refractivity contribution < 1.29 is 4.74 Å². The van der Waals surface area contributed by atoms with Crippen molar-refractivity contribution in [1.29, 1.82) is 0 Å². The Hall–Kier alpha value is 0.210. The predicted octanol–water partition coefficient (Wildman–Crippen LogP) is 1.20. The van der Waals surface area contributed by atoms with Gasteiger partial charge in [-0.25, -0.2) is 0 Å². The molecule has 1 atom stereocenters. The lowest BCUT2D eigenvalue weighted by Gasteiger charge is -2.37. The van der Waals surface area contributed by atoms with E-state index in [1.54, 1.807) is 0 Å². The van der Waals surface area contributed by atoms with Gasteiger partial charge in [-0.05, 0) is 20.8 Å². The van der Waals surface area contributed by atoms with Crippen molar-refractivity contribution in [3.8, 4) is 0 Å². The topological polar surface area (TPSA) is 21.3 Å². The fourth-order valence-corrected chi connectivity index (χ4v) is 0.960. The summed E-state index contributed by atoms with van der Waals surface area (Å²) < 4.78 is 5.52. The molecule has 1 aliphatic heterocycles. The summed E-state index contributed by atoms with van der Waals surface area (Å²) in [4.78, 5) is 0. The zero-order valence-corrected chi connectivity index (χ0v) is 7.62. The van der Waals surface area contributed by atoms with Gasteiger partial charge in [0.15, 0.2) is 0 Å². The Balaban J connectivity index is 0.000000810. The quantitative estimate of drug-likeness (QED) is 0.583. The molecule has 0 aromatic carbocycles. The van der Waals surface area contributed by atoms with Crippen molar-refractivity contribution in [2.45, 2.75) is 32.4 Å². The number of hydrogen-bond acceptors (Lipinski definition) is 2. The van der Waals surface area contributed by atoms with E-state index in [0.29, 0.717) is 6.04 Å². The van der Waals surface area contributed by atoms with Crippen LogP contribution in [0.2, 0.25) is 0 Å². The number of ether oxygens (including phenoxy) is 1. The summed E-state index contributed by atoms with van der Waals surface area (Å²) in [6.45, 7) is 8.22. The minimum atomic E-state index is 0. The summed E-state index contributed by atoms with van der Waals surface area (Å²) in [5.41, 5.74) is 0.0260. The first-order valence-corrected chi connectivity index (χ1v) is 3.50. The molecule has 0 radical (unpaired) electrons. The number of nitrogens with one attached hydrogen (secondary N) is 1. The van der Waals surface area contributed by atoms with Gasteiger partial charge in [0, 0.05) is 12.6 Å². The second-order valence-electron chi connectivity index (χ2n) is 3.13. The van der Waals surface area contributed by atoms with Crippen LogP contribution in [0.4, 0.5) is 0 Å². The van der Waals surface area contributed by atoms with E-state index in [-0.39, 0.29) is 18.0 Å². The van der Waals surface area contributed by atoms with E-state index in [1.807, 2.05) is 0 Å². The van der Waals surface area contributed by atoms with Crippen LogP contribution in [0.5, 0.6) is 0 Å². The van der Waals surface area contributed by atoms with Crippen molar-refractivity contribution in [3.05, 3.63) is 0 Å². The summed E-state index contributed by atoms with van der Waals surface area (Å²) in [7, 11) is 0. The smallest absolute Gasteiger partial charge is 0.0776 e. The number of hydrogen-bond donors (Lipinski definition) is 1. The molecule has 0 amide bonds. The number of morpholine rings is 1. The first kappa shape index (κ1) is 10.2. The third-order valence-electron chi connectivity index (χ3n) is 2.07. The van der Waals surface area contributed by atoms with Crippen LogP contribution in [-0.2, 0) is 4.74 Å². The molecule has 0 bridgehead atoms. The highest BCUT2D eigenvalue weighted by atomic mass is 35.5. The Bertz CT molecular complexity index is 106. The monoisotopic (exact) mass is 165 g/mol. The third kappa shape index (κ3) is 2.11. The standard InChI is InChI=1S/C7H15NO.ClH/c1-6-7(2,3)9-5-4-8-6;/h6,8H,4-5H2,1-3H3;1H. The van der Waals surface area contributed by atoms with E-state index < -0.39 is 0 Å².